The number of rotatable bonds is 7. The first-order valence-electron chi connectivity index (χ1n) is 8.34. The van der Waals surface area contributed by atoms with E-state index in [1.807, 2.05) is 0 Å². The van der Waals surface area contributed by atoms with Crippen molar-refractivity contribution in [2.75, 3.05) is 24.3 Å². The maximum absolute atomic E-state index is 12.8. The Morgan fingerprint density at radius 3 is 2.32 bits per heavy atom. The fraction of sp³-hybridized carbons (Fsp3) is 0.263. The number of alkyl halides is 3. The smallest absolute Gasteiger partial charge is 0.380 e. The molecule has 0 radical (unpaired) electrons. The zero-order chi connectivity index (χ0) is 20.7. The van der Waals surface area contributed by atoms with Crippen LogP contribution < -0.4 is 16.4 Å². The summed E-state index contributed by atoms with van der Waals surface area (Å²) < 4.78 is 43.4. The molecule has 0 aliphatic heterocycles. The largest absolute Gasteiger partial charge is 0.416 e. The lowest BCUT2D eigenvalue weighted by Gasteiger charge is -2.13. The third-order valence-electron chi connectivity index (χ3n) is 3.87. The minimum absolute atomic E-state index is 0.0633. The average Bonchev–Trinajstić information content (AvgIpc) is 2.65. The molecule has 0 aromatic heterocycles. The zero-order valence-electron chi connectivity index (χ0n) is 15.0. The van der Waals surface area contributed by atoms with Gasteiger partial charge in [0, 0.05) is 30.6 Å². The van der Waals surface area contributed by atoms with E-state index in [2.05, 4.69) is 10.6 Å². The first-order chi connectivity index (χ1) is 13.2. The lowest BCUT2D eigenvalue weighted by Crippen LogP contribution is -2.28. The van der Waals surface area contributed by atoms with Gasteiger partial charge in [0.15, 0.2) is 0 Å². The van der Waals surface area contributed by atoms with Crippen LogP contribution >= 0.6 is 0 Å². The van der Waals surface area contributed by atoms with Crippen LogP contribution in [0.15, 0.2) is 48.5 Å². The number of nitrogens with one attached hydrogen (secondary N) is 2. The minimum atomic E-state index is -4.54. The number of halogens is 3. The van der Waals surface area contributed by atoms with Gasteiger partial charge < -0.3 is 21.1 Å². The second-order valence-electron chi connectivity index (χ2n) is 5.96. The second-order valence-corrected chi connectivity index (χ2v) is 5.96. The number of methoxy groups -OCH3 is 1. The van der Waals surface area contributed by atoms with Crippen LogP contribution in [0.1, 0.15) is 22.3 Å². The molecule has 0 aliphatic carbocycles. The molecule has 6 nitrogen and oxygen atoms in total. The Labute approximate surface area is 159 Å². The molecule has 2 amide bonds. The van der Waals surface area contributed by atoms with Crippen LogP contribution in [0.5, 0.6) is 0 Å². The first kappa shape index (κ1) is 21.4. The van der Waals surface area contributed by atoms with Gasteiger partial charge in [0.25, 0.3) is 5.91 Å². The van der Waals surface area contributed by atoms with Gasteiger partial charge in [0.2, 0.25) is 5.91 Å². The van der Waals surface area contributed by atoms with Crippen molar-refractivity contribution in [3.8, 4) is 0 Å². The monoisotopic (exact) mass is 395 g/mol. The summed E-state index contributed by atoms with van der Waals surface area (Å²) in [6.07, 6.45) is -4.89. The Balaban J connectivity index is 2.06. The van der Waals surface area contributed by atoms with Gasteiger partial charge in [0.1, 0.15) is 0 Å². The maximum atomic E-state index is 12.8. The van der Waals surface area contributed by atoms with Crippen molar-refractivity contribution < 1.29 is 27.5 Å². The summed E-state index contributed by atoms with van der Waals surface area (Å²) in [5.74, 6) is -1.02. The number of carbonyl (C=O) groups excluding carboxylic acids is 2. The molecule has 28 heavy (non-hydrogen) atoms. The summed E-state index contributed by atoms with van der Waals surface area (Å²) >= 11 is 0. The Hall–Kier alpha value is -2.91. The number of nitrogens with two attached hydrogens (primary N) is 1. The summed E-state index contributed by atoms with van der Waals surface area (Å²) in [5, 5.41) is 5.16. The third kappa shape index (κ3) is 6.07. The summed E-state index contributed by atoms with van der Waals surface area (Å²) in [5.41, 5.74) is 5.17. The van der Waals surface area contributed by atoms with Gasteiger partial charge in [-0.05, 0) is 36.4 Å². The highest BCUT2D eigenvalue weighted by atomic mass is 19.4. The Bertz CT molecular complexity index is 836. The number of carbonyl (C=O) groups is 2. The summed E-state index contributed by atoms with van der Waals surface area (Å²) in [6, 6.07) is 10.4. The highest BCUT2D eigenvalue weighted by Gasteiger charge is 2.30. The molecule has 2 rings (SSSR count). The van der Waals surface area contributed by atoms with Gasteiger partial charge in [-0.15, -0.1) is 0 Å². The van der Waals surface area contributed by atoms with Crippen LogP contribution in [0.2, 0.25) is 0 Å². The van der Waals surface area contributed by atoms with E-state index < -0.39 is 23.8 Å². The van der Waals surface area contributed by atoms with Crippen molar-refractivity contribution in [3.63, 3.8) is 0 Å². The lowest BCUT2D eigenvalue weighted by molar-refractivity contribution is -0.137. The van der Waals surface area contributed by atoms with Crippen molar-refractivity contribution in [3.05, 3.63) is 59.7 Å². The van der Waals surface area contributed by atoms with Crippen molar-refractivity contribution >= 4 is 23.2 Å². The summed E-state index contributed by atoms with van der Waals surface area (Å²) in [7, 11) is 1.45. The predicted octanol–water partition coefficient (Wildman–Crippen LogP) is 3.26. The van der Waals surface area contributed by atoms with Crippen LogP contribution in [-0.4, -0.2) is 31.6 Å². The van der Waals surface area contributed by atoms with Crippen LogP contribution in [-0.2, 0) is 15.7 Å². The Morgan fingerprint density at radius 1 is 1.07 bits per heavy atom. The fourth-order valence-electron chi connectivity index (χ4n) is 2.40. The minimum Gasteiger partial charge on any atom is -0.380 e. The van der Waals surface area contributed by atoms with Crippen LogP contribution in [0, 0.1) is 0 Å². The molecule has 9 heteroatoms. The molecule has 0 spiro atoms. The topological polar surface area (TPSA) is 93.4 Å². The number of ether oxygens (including phenoxy) is 1. The number of amides is 2. The number of hydrogen-bond acceptors (Lipinski definition) is 4. The summed E-state index contributed by atoms with van der Waals surface area (Å²) in [6.45, 7) is 0.191. The van der Waals surface area contributed by atoms with E-state index >= 15 is 0 Å². The van der Waals surface area contributed by atoms with E-state index in [4.69, 9.17) is 10.5 Å². The molecule has 150 valence electrons. The van der Waals surface area contributed by atoms with Crippen molar-refractivity contribution in [1.29, 1.82) is 0 Å². The molecule has 0 bridgehead atoms. The second kappa shape index (κ2) is 9.34. The van der Waals surface area contributed by atoms with Gasteiger partial charge >= 0.3 is 6.18 Å². The van der Waals surface area contributed by atoms with Crippen LogP contribution in [0.25, 0.3) is 0 Å². The normalized spacial score (nSPS) is 12.3. The van der Waals surface area contributed by atoms with Gasteiger partial charge in [-0.3, -0.25) is 9.59 Å². The molecule has 0 saturated carbocycles. The fourth-order valence-corrected chi connectivity index (χ4v) is 2.40. The van der Waals surface area contributed by atoms with Crippen molar-refractivity contribution in [2.45, 2.75) is 18.7 Å². The third-order valence-corrected chi connectivity index (χ3v) is 3.87. The van der Waals surface area contributed by atoms with E-state index in [1.165, 1.54) is 19.2 Å². The molecule has 0 fully saturated rings. The predicted molar refractivity (Wildman–Crippen MR) is 98.9 cm³/mol. The Morgan fingerprint density at radius 2 is 1.71 bits per heavy atom. The van der Waals surface area contributed by atoms with Crippen LogP contribution in [0.3, 0.4) is 0 Å². The van der Waals surface area contributed by atoms with Gasteiger partial charge in [-0.25, -0.2) is 0 Å². The number of benzene rings is 2. The Kier molecular flexibility index (Phi) is 7.13. The quantitative estimate of drug-likeness (QED) is 0.671. The molecule has 0 heterocycles. The van der Waals surface area contributed by atoms with Crippen molar-refractivity contribution in [1.82, 2.24) is 0 Å². The SMILES string of the molecule is COC(CN)CC(=O)Nc1cccc(NC(=O)c2cccc(C(F)(F)F)c2)c1. The van der Waals surface area contributed by atoms with Gasteiger partial charge in [0.05, 0.1) is 18.1 Å². The number of hydrogen-bond donors (Lipinski definition) is 3. The number of anilines is 2. The summed E-state index contributed by atoms with van der Waals surface area (Å²) in [4.78, 5) is 24.2. The van der Waals surface area contributed by atoms with Crippen molar-refractivity contribution in [2.24, 2.45) is 5.73 Å². The highest BCUT2D eigenvalue weighted by molar-refractivity contribution is 6.04. The standard InChI is InChI=1S/C19H20F3N3O3/c1-28-16(11-23)10-17(26)24-14-6-3-7-15(9-14)25-18(27)12-4-2-5-13(8-12)19(20,21)22/h2-9,16H,10-11,23H2,1H3,(H,24,26)(H,25,27). The average molecular weight is 395 g/mol. The molecule has 2 aromatic carbocycles. The maximum Gasteiger partial charge on any atom is 0.416 e. The van der Waals surface area contributed by atoms with E-state index in [0.29, 0.717) is 11.4 Å². The molecule has 2 aromatic rings. The molecule has 1 atom stereocenters. The van der Waals surface area contributed by atoms with Gasteiger partial charge in [-0.1, -0.05) is 12.1 Å². The first-order valence-corrected chi connectivity index (χ1v) is 8.34. The highest BCUT2D eigenvalue weighted by Crippen LogP contribution is 2.29. The van der Waals surface area contributed by atoms with E-state index in [1.54, 1.807) is 18.2 Å². The molecule has 1 unspecified atom stereocenters. The molecule has 0 saturated heterocycles. The zero-order valence-corrected chi connectivity index (χ0v) is 15.0. The molecular weight excluding hydrogens is 375 g/mol. The van der Waals surface area contributed by atoms with E-state index in [0.717, 1.165) is 18.2 Å². The molecule has 4 N–H and O–H groups in total. The van der Waals surface area contributed by atoms with E-state index in [-0.39, 0.29) is 24.4 Å². The van der Waals surface area contributed by atoms with Crippen LogP contribution in [0.4, 0.5) is 24.5 Å². The van der Waals surface area contributed by atoms with E-state index in [9.17, 15) is 22.8 Å². The lowest BCUT2D eigenvalue weighted by atomic mass is 10.1. The molecular formula is C19H20F3N3O3. The molecule has 0 aliphatic rings. The van der Waals surface area contributed by atoms with Gasteiger partial charge in [-0.2, -0.15) is 13.2 Å².